The smallest absolute Gasteiger partial charge is 0.240 e. The van der Waals surface area contributed by atoms with Crippen LogP contribution in [0.4, 0.5) is 0 Å². The van der Waals surface area contributed by atoms with Gasteiger partial charge in [-0.25, -0.2) is 13.1 Å². The fraction of sp³-hybridized carbons (Fsp3) is 0.562. The van der Waals surface area contributed by atoms with Gasteiger partial charge in [-0.3, -0.25) is 4.79 Å². The molecule has 0 radical (unpaired) electrons. The van der Waals surface area contributed by atoms with Crippen LogP contribution in [0.5, 0.6) is 0 Å². The topological polar surface area (TPSA) is 125 Å². The van der Waals surface area contributed by atoms with Crippen molar-refractivity contribution in [2.45, 2.75) is 55.6 Å². The van der Waals surface area contributed by atoms with Crippen molar-refractivity contribution >= 4 is 15.9 Å². The van der Waals surface area contributed by atoms with Crippen LogP contribution in [0.25, 0.3) is 0 Å². The lowest BCUT2D eigenvalue weighted by Gasteiger charge is -2.16. The molecule has 0 aliphatic carbocycles. The third-order valence-electron chi connectivity index (χ3n) is 3.83. The average molecular weight is 372 g/mol. The molecule has 1 aliphatic rings. The van der Waals surface area contributed by atoms with Gasteiger partial charge < -0.3 is 20.3 Å². The summed E-state index contributed by atoms with van der Waals surface area (Å²) in [6.07, 6.45) is -4.48. The summed E-state index contributed by atoms with van der Waals surface area (Å²) in [7, 11) is -3.75. The van der Waals surface area contributed by atoms with Crippen LogP contribution >= 0.6 is 0 Å². The number of hydrogen-bond acceptors (Lipinski definition) is 6. The SMILES string of the molecule is CC(C)NC(=O)C[C@@H]1O[C@H](CNS(=O)(=O)c2ccccc2)[C@@H](O)[C@H]1O. The molecule has 1 fully saturated rings. The molecule has 1 aromatic rings. The van der Waals surface area contributed by atoms with Gasteiger partial charge in [-0.1, -0.05) is 18.2 Å². The summed E-state index contributed by atoms with van der Waals surface area (Å²) < 4.78 is 32.2. The van der Waals surface area contributed by atoms with E-state index < -0.39 is 34.4 Å². The van der Waals surface area contributed by atoms with Gasteiger partial charge in [0.15, 0.2) is 0 Å². The first kappa shape index (κ1) is 19.8. The Labute approximate surface area is 147 Å². The molecule has 1 aromatic carbocycles. The molecule has 0 bridgehead atoms. The van der Waals surface area contributed by atoms with Crippen LogP contribution < -0.4 is 10.0 Å². The third kappa shape index (κ3) is 5.23. The molecular weight excluding hydrogens is 348 g/mol. The summed E-state index contributed by atoms with van der Waals surface area (Å²) in [6, 6.07) is 7.74. The fourth-order valence-electron chi connectivity index (χ4n) is 2.60. The van der Waals surface area contributed by atoms with Crippen LogP contribution in [0, 0.1) is 0 Å². The van der Waals surface area contributed by atoms with E-state index in [4.69, 9.17) is 4.74 Å². The van der Waals surface area contributed by atoms with E-state index in [1.807, 2.05) is 0 Å². The molecule has 1 aliphatic heterocycles. The normalized spacial score (nSPS) is 26.8. The van der Waals surface area contributed by atoms with Gasteiger partial charge in [0.25, 0.3) is 0 Å². The second-order valence-corrected chi connectivity index (χ2v) is 8.05. The first-order valence-electron chi connectivity index (χ1n) is 8.06. The predicted molar refractivity (Wildman–Crippen MR) is 90.2 cm³/mol. The van der Waals surface area contributed by atoms with Gasteiger partial charge in [0.05, 0.1) is 17.4 Å². The number of amides is 1. The second-order valence-electron chi connectivity index (χ2n) is 6.29. The van der Waals surface area contributed by atoms with Crippen molar-refractivity contribution in [3.05, 3.63) is 30.3 Å². The van der Waals surface area contributed by atoms with E-state index in [2.05, 4.69) is 10.0 Å². The summed E-state index contributed by atoms with van der Waals surface area (Å²) in [5.41, 5.74) is 0. The highest BCUT2D eigenvalue weighted by molar-refractivity contribution is 7.89. The number of aliphatic hydroxyl groups excluding tert-OH is 2. The molecule has 1 heterocycles. The van der Waals surface area contributed by atoms with Gasteiger partial charge in [0.1, 0.15) is 18.3 Å². The number of aliphatic hydroxyl groups is 2. The average Bonchev–Trinajstić information content (AvgIpc) is 2.81. The minimum Gasteiger partial charge on any atom is -0.388 e. The van der Waals surface area contributed by atoms with Crippen molar-refractivity contribution in [1.82, 2.24) is 10.0 Å². The van der Waals surface area contributed by atoms with Crippen molar-refractivity contribution in [3.63, 3.8) is 0 Å². The van der Waals surface area contributed by atoms with E-state index in [9.17, 15) is 23.4 Å². The Morgan fingerprint density at radius 2 is 1.76 bits per heavy atom. The molecule has 0 saturated carbocycles. The minimum absolute atomic E-state index is 0.0514. The van der Waals surface area contributed by atoms with Gasteiger partial charge >= 0.3 is 0 Å². The first-order valence-corrected chi connectivity index (χ1v) is 9.54. The zero-order valence-corrected chi connectivity index (χ0v) is 14.9. The van der Waals surface area contributed by atoms with E-state index >= 15 is 0 Å². The van der Waals surface area contributed by atoms with Gasteiger partial charge in [-0.15, -0.1) is 0 Å². The van der Waals surface area contributed by atoms with Crippen molar-refractivity contribution in [2.24, 2.45) is 0 Å². The lowest BCUT2D eigenvalue weighted by Crippen LogP contribution is -2.40. The molecule has 1 saturated heterocycles. The number of rotatable bonds is 7. The van der Waals surface area contributed by atoms with Crippen LogP contribution in [-0.2, 0) is 19.6 Å². The Bertz CT molecular complexity index is 679. The van der Waals surface area contributed by atoms with Gasteiger partial charge in [0.2, 0.25) is 15.9 Å². The standard InChI is InChI=1S/C16H24N2O6S/c1-10(2)18-14(19)8-12-15(20)16(21)13(24-12)9-17-25(22,23)11-6-4-3-5-7-11/h3-7,10,12-13,15-17,20-21H,8-9H2,1-2H3,(H,18,19)/t12-,13+,15-,16+/m0/s1. The number of nitrogens with one attached hydrogen (secondary N) is 2. The highest BCUT2D eigenvalue weighted by Crippen LogP contribution is 2.23. The highest BCUT2D eigenvalue weighted by Gasteiger charge is 2.43. The maximum atomic E-state index is 12.2. The maximum Gasteiger partial charge on any atom is 0.240 e. The number of benzene rings is 1. The molecule has 0 aromatic heterocycles. The van der Waals surface area contributed by atoms with Crippen LogP contribution in [0.15, 0.2) is 35.2 Å². The lowest BCUT2D eigenvalue weighted by molar-refractivity contribution is -0.125. The van der Waals surface area contributed by atoms with Gasteiger partial charge in [0, 0.05) is 12.6 Å². The Hall–Kier alpha value is -1.52. The molecule has 1 amide bonds. The quantitative estimate of drug-likeness (QED) is 0.505. The fourth-order valence-corrected chi connectivity index (χ4v) is 3.67. The van der Waals surface area contributed by atoms with Crippen molar-refractivity contribution in [2.75, 3.05) is 6.54 Å². The van der Waals surface area contributed by atoms with E-state index in [0.29, 0.717) is 0 Å². The first-order chi connectivity index (χ1) is 11.7. The zero-order chi connectivity index (χ0) is 18.6. The van der Waals surface area contributed by atoms with E-state index in [1.165, 1.54) is 12.1 Å². The summed E-state index contributed by atoms with van der Waals surface area (Å²) >= 11 is 0. The summed E-state index contributed by atoms with van der Waals surface area (Å²) in [4.78, 5) is 11.9. The number of hydrogen-bond donors (Lipinski definition) is 4. The summed E-state index contributed by atoms with van der Waals surface area (Å²) in [5, 5.41) is 22.7. The molecule has 4 N–H and O–H groups in total. The van der Waals surface area contributed by atoms with Gasteiger partial charge in [-0.05, 0) is 26.0 Å². The van der Waals surface area contributed by atoms with Gasteiger partial charge in [-0.2, -0.15) is 0 Å². The molecule has 2 rings (SSSR count). The molecule has 0 unspecified atom stereocenters. The number of carbonyl (C=O) groups excluding carboxylic acids is 1. The molecular formula is C16H24N2O6S. The highest BCUT2D eigenvalue weighted by atomic mass is 32.2. The van der Waals surface area contributed by atoms with Crippen LogP contribution in [0.1, 0.15) is 20.3 Å². The number of carbonyl (C=O) groups is 1. The summed E-state index contributed by atoms with van der Waals surface area (Å²) in [5.74, 6) is -0.309. The molecule has 4 atom stereocenters. The Kier molecular flexibility index (Phi) is 6.53. The van der Waals surface area contributed by atoms with Crippen molar-refractivity contribution in [3.8, 4) is 0 Å². The monoisotopic (exact) mass is 372 g/mol. The molecule has 140 valence electrons. The van der Waals surface area contributed by atoms with Crippen molar-refractivity contribution in [1.29, 1.82) is 0 Å². The second kappa shape index (κ2) is 8.24. The van der Waals surface area contributed by atoms with E-state index in [0.717, 1.165) is 0 Å². The maximum absolute atomic E-state index is 12.2. The molecule has 0 spiro atoms. The minimum atomic E-state index is -3.75. The van der Waals surface area contributed by atoms with Crippen molar-refractivity contribution < 1.29 is 28.2 Å². The largest absolute Gasteiger partial charge is 0.388 e. The van der Waals surface area contributed by atoms with Crippen LogP contribution in [0.3, 0.4) is 0 Å². The van der Waals surface area contributed by atoms with E-state index in [-0.39, 0.29) is 29.8 Å². The predicted octanol–water partition coefficient (Wildman–Crippen LogP) is -0.631. The Balaban J connectivity index is 1.94. The molecule has 25 heavy (non-hydrogen) atoms. The van der Waals surface area contributed by atoms with Crippen LogP contribution in [-0.4, -0.2) is 61.5 Å². The molecule has 9 heteroatoms. The summed E-state index contributed by atoms with van der Waals surface area (Å²) in [6.45, 7) is 3.40. The number of sulfonamides is 1. The Morgan fingerprint density at radius 1 is 1.16 bits per heavy atom. The lowest BCUT2D eigenvalue weighted by atomic mass is 10.1. The number of ether oxygens (including phenoxy) is 1. The molecule has 8 nitrogen and oxygen atoms in total. The Morgan fingerprint density at radius 3 is 2.36 bits per heavy atom. The third-order valence-corrected chi connectivity index (χ3v) is 5.27. The van der Waals surface area contributed by atoms with Crippen LogP contribution in [0.2, 0.25) is 0 Å². The van der Waals surface area contributed by atoms with E-state index in [1.54, 1.807) is 32.0 Å². The zero-order valence-electron chi connectivity index (χ0n) is 14.1.